The van der Waals surface area contributed by atoms with Gasteiger partial charge in [0.15, 0.2) is 0 Å². The Kier molecular flexibility index (Phi) is 5.59. The Morgan fingerprint density at radius 3 is 2.71 bits per heavy atom. The molecule has 5 heteroatoms. The van der Waals surface area contributed by atoms with Gasteiger partial charge in [-0.25, -0.2) is 4.79 Å². The monoisotopic (exact) mass is 274 g/mol. The fourth-order valence-corrected chi connectivity index (χ4v) is 1.99. The van der Waals surface area contributed by atoms with Crippen LogP contribution in [0.2, 0.25) is 10.0 Å². The number of carbonyl (C=O) groups is 1. The van der Waals surface area contributed by atoms with E-state index in [1.165, 1.54) is 0 Å². The molecule has 0 aliphatic heterocycles. The van der Waals surface area contributed by atoms with Gasteiger partial charge in [-0.2, -0.15) is 0 Å². The Hall–Kier alpha value is -0.930. The number of halogens is 2. The third-order valence-corrected chi connectivity index (χ3v) is 2.87. The zero-order valence-corrected chi connectivity index (χ0v) is 11.4. The molecule has 0 saturated heterocycles. The third-order valence-electron chi connectivity index (χ3n) is 2.31. The first kappa shape index (κ1) is 14.1. The summed E-state index contributed by atoms with van der Waals surface area (Å²) in [6.07, 6.45) is 0.906. The van der Waals surface area contributed by atoms with Crippen LogP contribution in [0.15, 0.2) is 18.2 Å². The van der Waals surface area contributed by atoms with E-state index in [2.05, 4.69) is 10.6 Å². The zero-order valence-electron chi connectivity index (χ0n) is 9.89. The van der Waals surface area contributed by atoms with Crippen molar-refractivity contribution in [1.29, 1.82) is 0 Å². The summed E-state index contributed by atoms with van der Waals surface area (Å²) in [5.41, 5.74) is 0.850. The second-order valence-electron chi connectivity index (χ2n) is 3.79. The van der Waals surface area contributed by atoms with Crippen molar-refractivity contribution >= 4 is 29.2 Å². The molecule has 0 aromatic heterocycles. The molecular formula is C12H16Cl2N2O. The summed E-state index contributed by atoms with van der Waals surface area (Å²) in [5, 5.41) is 6.70. The van der Waals surface area contributed by atoms with Crippen LogP contribution in [0, 0.1) is 0 Å². The van der Waals surface area contributed by atoms with Crippen LogP contribution in [-0.2, 0) is 0 Å². The predicted molar refractivity (Wildman–Crippen MR) is 71.7 cm³/mol. The average Bonchev–Trinajstić information content (AvgIpc) is 2.26. The van der Waals surface area contributed by atoms with E-state index in [0.717, 1.165) is 12.0 Å². The van der Waals surface area contributed by atoms with E-state index in [0.29, 0.717) is 16.6 Å². The SMILES string of the molecule is CCCNC(=O)NC(C)c1ccc(Cl)cc1Cl. The standard InChI is InChI=1S/C12H16Cl2N2O/c1-3-6-15-12(17)16-8(2)10-5-4-9(13)7-11(10)14/h4-5,7-8H,3,6H2,1-2H3,(H2,15,16,17). The lowest BCUT2D eigenvalue weighted by Crippen LogP contribution is -2.37. The Bertz CT molecular complexity index is 396. The first-order chi connectivity index (χ1) is 8.04. The molecule has 1 aromatic carbocycles. The molecule has 2 amide bonds. The van der Waals surface area contributed by atoms with Crippen molar-refractivity contribution in [3.8, 4) is 0 Å². The maximum atomic E-state index is 11.5. The van der Waals surface area contributed by atoms with Gasteiger partial charge in [0, 0.05) is 16.6 Å². The molecule has 1 rings (SSSR count). The Balaban J connectivity index is 2.63. The number of carbonyl (C=O) groups excluding carboxylic acids is 1. The summed E-state index contributed by atoms with van der Waals surface area (Å²) >= 11 is 11.9. The summed E-state index contributed by atoms with van der Waals surface area (Å²) in [7, 11) is 0. The van der Waals surface area contributed by atoms with Gasteiger partial charge in [0.2, 0.25) is 0 Å². The van der Waals surface area contributed by atoms with Crippen molar-refractivity contribution in [2.75, 3.05) is 6.54 Å². The fraction of sp³-hybridized carbons (Fsp3) is 0.417. The molecule has 1 unspecified atom stereocenters. The number of hydrogen-bond donors (Lipinski definition) is 2. The minimum absolute atomic E-state index is 0.156. The molecule has 2 N–H and O–H groups in total. The van der Waals surface area contributed by atoms with Crippen LogP contribution in [0.1, 0.15) is 31.9 Å². The van der Waals surface area contributed by atoms with Crippen LogP contribution in [0.4, 0.5) is 4.79 Å². The Morgan fingerprint density at radius 1 is 1.41 bits per heavy atom. The second-order valence-corrected chi connectivity index (χ2v) is 4.63. The maximum Gasteiger partial charge on any atom is 0.315 e. The van der Waals surface area contributed by atoms with E-state index in [4.69, 9.17) is 23.2 Å². The minimum atomic E-state index is -0.189. The molecule has 0 aliphatic rings. The summed E-state index contributed by atoms with van der Waals surface area (Å²) in [6, 6.07) is 4.89. The summed E-state index contributed by atoms with van der Waals surface area (Å²) in [5.74, 6) is 0. The number of nitrogens with one attached hydrogen (secondary N) is 2. The molecule has 1 aromatic rings. The van der Waals surface area contributed by atoms with Gasteiger partial charge in [0.1, 0.15) is 0 Å². The quantitative estimate of drug-likeness (QED) is 0.863. The molecule has 0 aliphatic carbocycles. The second kappa shape index (κ2) is 6.72. The number of amides is 2. The minimum Gasteiger partial charge on any atom is -0.338 e. The summed E-state index contributed by atoms with van der Waals surface area (Å²) in [4.78, 5) is 11.5. The number of rotatable bonds is 4. The van der Waals surface area contributed by atoms with Crippen molar-refractivity contribution in [2.24, 2.45) is 0 Å². The van der Waals surface area contributed by atoms with Gasteiger partial charge in [-0.05, 0) is 31.0 Å². The first-order valence-corrected chi connectivity index (χ1v) is 6.29. The zero-order chi connectivity index (χ0) is 12.8. The number of hydrogen-bond acceptors (Lipinski definition) is 1. The molecule has 0 saturated carbocycles. The molecular weight excluding hydrogens is 259 g/mol. The molecule has 3 nitrogen and oxygen atoms in total. The Morgan fingerprint density at radius 2 is 2.12 bits per heavy atom. The van der Waals surface area contributed by atoms with Gasteiger partial charge >= 0.3 is 6.03 Å². The summed E-state index contributed by atoms with van der Waals surface area (Å²) in [6.45, 7) is 4.54. The lowest BCUT2D eigenvalue weighted by atomic mass is 10.1. The van der Waals surface area contributed by atoms with E-state index in [-0.39, 0.29) is 12.1 Å². The fourth-order valence-electron chi connectivity index (χ4n) is 1.42. The lowest BCUT2D eigenvalue weighted by molar-refractivity contribution is 0.238. The third kappa shape index (κ3) is 4.44. The predicted octanol–water partition coefficient (Wildman–Crippen LogP) is 3.76. The molecule has 94 valence electrons. The van der Waals surface area contributed by atoms with Crippen molar-refractivity contribution in [2.45, 2.75) is 26.3 Å². The largest absolute Gasteiger partial charge is 0.338 e. The molecule has 0 spiro atoms. The highest BCUT2D eigenvalue weighted by Crippen LogP contribution is 2.25. The van der Waals surface area contributed by atoms with Gasteiger partial charge in [0.25, 0.3) is 0 Å². The molecule has 17 heavy (non-hydrogen) atoms. The van der Waals surface area contributed by atoms with E-state index in [9.17, 15) is 4.79 Å². The van der Waals surface area contributed by atoms with Gasteiger partial charge in [-0.1, -0.05) is 36.2 Å². The van der Waals surface area contributed by atoms with Crippen LogP contribution in [0.5, 0.6) is 0 Å². The molecule has 0 radical (unpaired) electrons. The number of benzene rings is 1. The van der Waals surface area contributed by atoms with Gasteiger partial charge in [-0.15, -0.1) is 0 Å². The van der Waals surface area contributed by atoms with E-state index in [1.807, 2.05) is 19.9 Å². The van der Waals surface area contributed by atoms with E-state index < -0.39 is 0 Å². The number of urea groups is 1. The molecule has 0 heterocycles. The van der Waals surface area contributed by atoms with Crippen LogP contribution in [0.3, 0.4) is 0 Å². The van der Waals surface area contributed by atoms with Crippen molar-refractivity contribution < 1.29 is 4.79 Å². The maximum absolute atomic E-state index is 11.5. The van der Waals surface area contributed by atoms with Crippen molar-refractivity contribution in [3.05, 3.63) is 33.8 Å². The van der Waals surface area contributed by atoms with Crippen LogP contribution >= 0.6 is 23.2 Å². The van der Waals surface area contributed by atoms with Crippen LogP contribution in [-0.4, -0.2) is 12.6 Å². The van der Waals surface area contributed by atoms with Crippen LogP contribution < -0.4 is 10.6 Å². The van der Waals surface area contributed by atoms with Gasteiger partial charge in [-0.3, -0.25) is 0 Å². The van der Waals surface area contributed by atoms with Crippen molar-refractivity contribution in [1.82, 2.24) is 10.6 Å². The average molecular weight is 275 g/mol. The normalized spacial score (nSPS) is 12.0. The van der Waals surface area contributed by atoms with Crippen molar-refractivity contribution in [3.63, 3.8) is 0 Å². The highest BCUT2D eigenvalue weighted by Gasteiger charge is 2.12. The van der Waals surface area contributed by atoms with E-state index in [1.54, 1.807) is 12.1 Å². The molecule has 1 atom stereocenters. The topological polar surface area (TPSA) is 41.1 Å². The first-order valence-electron chi connectivity index (χ1n) is 5.54. The summed E-state index contributed by atoms with van der Waals surface area (Å²) < 4.78 is 0. The van der Waals surface area contributed by atoms with Gasteiger partial charge in [0.05, 0.1) is 6.04 Å². The Labute approximate surface area is 111 Å². The lowest BCUT2D eigenvalue weighted by Gasteiger charge is -2.16. The van der Waals surface area contributed by atoms with Crippen LogP contribution in [0.25, 0.3) is 0 Å². The van der Waals surface area contributed by atoms with Gasteiger partial charge < -0.3 is 10.6 Å². The molecule has 0 fully saturated rings. The van der Waals surface area contributed by atoms with E-state index >= 15 is 0 Å². The highest BCUT2D eigenvalue weighted by atomic mass is 35.5. The molecule has 0 bridgehead atoms. The highest BCUT2D eigenvalue weighted by molar-refractivity contribution is 6.35. The smallest absolute Gasteiger partial charge is 0.315 e.